The third-order valence-corrected chi connectivity index (χ3v) is 2.92. The van der Waals surface area contributed by atoms with Crippen LogP contribution in [0.2, 0.25) is 0 Å². The fraction of sp³-hybridized carbons (Fsp3) is 0.556. The molecule has 1 aromatic carbocycles. The van der Waals surface area contributed by atoms with E-state index in [1.807, 2.05) is 58.9 Å². The van der Waals surface area contributed by atoms with Gasteiger partial charge in [0.25, 0.3) is 0 Å². The summed E-state index contributed by atoms with van der Waals surface area (Å²) in [6.45, 7) is 11.8. The molecule has 0 unspecified atom stereocenters. The number of rotatable bonds is 7. The van der Waals surface area contributed by atoms with Crippen LogP contribution in [0.1, 0.15) is 33.3 Å². The number of amides is 1. The van der Waals surface area contributed by atoms with Crippen molar-refractivity contribution >= 4 is 35.8 Å². The number of aliphatic imine (C=N–C) groups is 1. The molecule has 0 radical (unpaired) electrons. The van der Waals surface area contributed by atoms with Crippen LogP contribution in [0.15, 0.2) is 29.3 Å². The van der Waals surface area contributed by atoms with Crippen LogP contribution >= 0.6 is 24.0 Å². The summed E-state index contributed by atoms with van der Waals surface area (Å²) >= 11 is 0. The Balaban J connectivity index is 0.00000576. The minimum atomic E-state index is -0.250. The first-order chi connectivity index (χ1) is 11.3. The standard InChI is InChI=1S/C18H30N4O2.HI/c1-6-19-17(21-13-16(23)22-18(3,4)5)20-11-12-24-15-9-7-14(2)8-10-15;/h7-10H,6,11-13H2,1-5H3,(H,22,23)(H2,19,20,21);1H. The molecule has 0 heterocycles. The van der Waals surface area contributed by atoms with Crippen LogP contribution in [0, 0.1) is 6.92 Å². The summed E-state index contributed by atoms with van der Waals surface area (Å²) in [5.74, 6) is 1.35. The van der Waals surface area contributed by atoms with E-state index in [2.05, 4.69) is 20.9 Å². The maximum Gasteiger partial charge on any atom is 0.242 e. The Morgan fingerprint density at radius 1 is 1.16 bits per heavy atom. The molecule has 0 spiro atoms. The highest BCUT2D eigenvalue weighted by Crippen LogP contribution is 2.10. The maximum atomic E-state index is 11.8. The van der Waals surface area contributed by atoms with E-state index in [0.29, 0.717) is 19.1 Å². The number of guanidine groups is 1. The van der Waals surface area contributed by atoms with Crippen LogP contribution < -0.4 is 20.7 Å². The lowest BCUT2D eigenvalue weighted by molar-refractivity contribution is -0.121. The molecule has 0 aliphatic heterocycles. The van der Waals surface area contributed by atoms with E-state index in [4.69, 9.17) is 4.74 Å². The second-order valence-electron chi connectivity index (χ2n) is 6.58. The third-order valence-electron chi connectivity index (χ3n) is 2.92. The van der Waals surface area contributed by atoms with Crippen molar-refractivity contribution in [2.75, 3.05) is 26.2 Å². The lowest BCUT2D eigenvalue weighted by Crippen LogP contribution is -2.43. The van der Waals surface area contributed by atoms with Gasteiger partial charge in [-0.15, -0.1) is 24.0 Å². The number of nitrogens with one attached hydrogen (secondary N) is 3. The number of aryl methyl sites for hydroxylation is 1. The maximum absolute atomic E-state index is 11.8. The Bertz CT molecular complexity index is 539. The summed E-state index contributed by atoms with van der Waals surface area (Å²) in [7, 11) is 0. The number of nitrogens with zero attached hydrogens (tertiary/aromatic N) is 1. The highest BCUT2D eigenvalue weighted by molar-refractivity contribution is 14.0. The lowest BCUT2D eigenvalue weighted by atomic mass is 10.1. The molecule has 1 aromatic rings. The van der Waals surface area contributed by atoms with Crippen LogP contribution in [0.3, 0.4) is 0 Å². The van der Waals surface area contributed by atoms with Crippen molar-refractivity contribution in [2.45, 2.75) is 40.2 Å². The molecule has 0 saturated heterocycles. The van der Waals surface area contributed by atoms with E-state index in [0.717, 1.165) is 12.3 Å². The molecule has 25 heavy (non-hydrogen) atoms. The average molecular weight is 462 g/mol. The molecule has 0 atom stereocenters. The molecule has 142 valence electrons. The molecular weight excluding hydrogens is 431 g/mol. The molecule has 6 nitrogen and oxygen atoms in total. The fourth-order valence-electron chi connectivity index (χ4n) is 1.92. The summed E-state index contributed by atoms with van der Waals surface area (Å²) in [5, 5.41) is 9.15. The summed E-state index contributed by atoms with van der Waals surface area (Å²) < 4.78 is 5.66. The van der Waals surface area contributed by atoms with Gasteiger partial charge in [-0.1, -0.05) is 17.7 Å². The quantitative estimate of drug-likeness (QED) is 0.252. The zero-order chi connectivity index (χ0) is 18.0. The van der Waals surface area contributed by atoms with Crippen molar-refractivity contribution in [1.82, 2.24) is 16.0 Å². The number of carbonyl (C=O) groups excluding carboxylic acids is 1. The second-order valence-corrected chi connectivity index (χ2v) is 6.58. The minimum Gasteiger partial charge on any atom is -0.492 e. The van der Waals surface area contributed by atoms with Gasteiger partial charge in [0.15, 0.2) is 5.96 Å². The fourth-order valence-corrected chi connectivity index (χ4v) is 1.92. The smallest absolute Gasteiger partial charge is 0.242 e. The van der Waals surface area contributed by atoms with Crippen LogP contribution in [-0.4, -0.2) is 43.6 Å². The van der Waals surface area contributed by atoms with Crippen molar-refractivity contribution in [3.63, 3.8) is 0 Å². The molecule has 0 saturated carbocycles. The Labute approximate surface area is 168 Å². The SMILES string of the molecule is CCNC(=NCC(=O)NC(C)(C)C)NCCOc1ccc(C)cc1.I. The van der Waals surface area contributed by atoms with Gasteiger partial charge in [0, 0.05) is 12.1 Å². The molecule has 0 fully saturated rings. The predicted octanol–water partition coefficient (Wildman–Crippen LogP) is 2.46. The number of ether oxygens (including phenoxy) is 1. The number of benzene rings is 1. The van der Waals surface area contributed by atoms with E-state index >= 15 is 0 Å². The van der Waals surface area contributed by atoms with Crippen molar-refractivity contribution in [1.29, 1.82) is 0 Å². The zero-order valence-corrected chi connectivity index (χ0v) is 18.1. The van der Waals surface area contributed by atoms with E-state index in [1.165, 1.54) is 5.56 Å². The van der Waals surface area contributed by atoms with Crippen molar-refractivity contribution in [3.8, 4) is 5.75 Å². The van der Waals surface area contributed by atoms with Crippen LogP contribution in [0.4, 0.5) is 0 Å². The first kappa shape index (κ1) is 23.5. The highest BCUT2D eigenvalue weighted by atomic mass is 127. The van der Waals surface area contributed by atoms with Gasteiger partial charge >= 0.3 is 0 Å². The molecular formula is C18H31IN4O2. The van der Waals surface area contributed by atoms with Crippen LogP contribution in [-0.2, 0) is 4.79 Å². The van der Waals surface area contributed by atoms with Gasteiger partial charge in [-0.05, 0) is 46.8 Å². The van der Waals surface area contributed by atoms with Crippen LogP contribution in [0.25, 0.3) is 0 Å². The zero-order valence-electron chi connectivity index (χ0n) is 15.8. The summed E-state index contributed by atoms with van der Waals surface area (Å²) in [6.07, 6.45) is 0. The topological polar surface area (TPSA) is 74.8 Å². The van der Waals surface area contributed by atoms with Crippen molar-refractivity contribution in [3.05, 3.63) is 29.8 Å². The summed E-state index contributed by atoms with van der Waals surface area (Å²) in [5.41, 5.74) is 0.954. The Morgan fingerprint density at radius 2 is 1.80 bits per heavy atom. The Hall–Kier alpha value is -1.51. The summed E-state index contributed by atoms with van der Waals surface area (Å²) in [4.78, 5) is 16.1. The van der Waals surface area contributed by atoms with Gasteiger partial charge in [0.1, 0.15) is 18.9 Å². The van der Waals surface area contributed by atoms with Gasteiger partial charge in [0.2, 0.25) is 5.91 Å². The van der Waals surface area contributed by atoms with E-state index in [1.54, 1.807) is 0 Å². The minimum absolute atomic E-state index is 0. The van der Waals surface area contributed by atoms with Crippen molar-refractivity contribution < 1.29 is 9.53 Å². The third kappa shape index (κ3) is 11.6. The van der Waals surface area contributed by atoms with Crippen LogP contribution in [0.5, 0.6) is 5.75 Å². The normalized spacial score (nSPS) is 11.3. The largest absolute Gasteiger partial charge is 0.492 e. The van der Waals surface area contributed by atoms with Gasteiger partial charge in [-0.25, -0.2) is 4.99 Å². The van der Waals surface area contributed by atoms with E-state index < -0.39 is 0 Å². The average Bonchev–Trinajstić information content (AvgIpc) is 2.49. The van der Waals surface area contributed by atoms with Crippen molar-refractivity contribution in [2.24, 2.45) is 4.99 Å². The van der Waals surface area contributed by atoms with Gasteiger partial charge in [-0.3, -0.25) is 4.79 Å². The highest BCUT2D eigenvalue weighted by Gasteiger charge is 2.13. The molecule has 0 bridgehead atoms. The molecule has 7 heteroatoms. The number of carbonyl (C=O) groups is 1. The van der Waals surface area contributed by atoms with Gasteiger partial charge in [-0.2, -0.15) is 0 Å². The summed E-state index contributed by atoms with van der Waals surface area (Å²) in [6, 6.07) is 7.93. The van der Waals surface area contributed by atoms with Gasteiger partial charge in [0.05, 0.1) is 6.54 Å². The second kappa shape index (κ2) is 11.9. The molecule has 1 rings (SSSR count). The van der Waals surface area contributed by atoms with E-state index in [9.17, 15) is 4.79 Å². The number of hydrogen-bond donors (Lipinski definition) is 3. The molecule has 0 aliphatic rings. The Morgan fingerprint density at radius 3 is 2.36 bits per heavy atom. The first-order valence-electron chi connectivity index (χ1n) is 8.33. The predicted molar refractivity (Wildman–Crippen MR) is 114 cm³/mol. The first-order valence-corrected chi connectivity index (χ1v) is 8.33. The van der Waals surface area contributed by atoms with E-state index in [-0.39, 0.29) is 42.0 Å². The number of hydrogen-bond acceptors (Lipinski definition) is 3. The lowest BCUT2D eigenvalue weighted by Gasteiger charge is -2.20. The Kier molecular flexibility index (Phi) is 11.2. The number of halogens is 1. The monoisotopic (exact) mass is 462 g/mol. The molecule has 3 N–H and O–H groups in total. The molecule has 0 aliphatic carbocycles. The van der Waals surface area contributed by atoms with Gasteiger partial charge < -0.3 is 20.7 Å². The molecule has 1 amide bonds. The molecule has 0 aromatic heterocycles.